The highest BCUT2D eigenvalue weighted by Crippen LogP contribution is 2.15. The molecule has 0 heterocycles. The number of benzene rings is 3. The summed E-state index contributed by atoms with van der Waals surface area (Å²) in [6.07, 6.45) is 2.72. The van der Waals surface area contributed by atoms with E-state index in [9.17, 15) is 27.7 Å². The van der Waals surface area contributed by atoms with E-state index in [1.807, 2.05) is 0 Å². The second-order valence-corrected chi connectivity index (χ2v) is 8.51. The third-order valence-electron chi connectivity index (χ3n) is 4.42. The number of halogens is 1. The molecular weight excluding hydrogens is 449 g/mol. The van der Waals surface area contributed by atoms with Crippen LogP contribution in [0.1, 0.15) is 21.5 Å². The summed E-state index contributed by atoms with van der Waals surface area (Å²) >= 11 is 0. The molecule has 0 aliphatic carbocycles. The summed E-state index contributed by atoms with van der Waals surface area (Å²) < 4.78 is 42.4. The van der Waals surface area contributed by atoms with Gasteiger partial charge >= 0.3 is 0 Å². The summed E-state index contributed by atoms with van der Waals surface area (Å²) in [6.45, 7) is 1.81. The first-order valence-corrected chi connectivity index (χ1v) is 11.0. The zero-order valence-electron chi connectivity index (χ0n) is 17.3. The molecule has 0 aliphatic rings. The quantitative estimate of drug-likeness (QED) is 0.251. The Bertz CT molecular complexity index is 1330. The van der Waals surface area contributed by atoms with Crippen LogP contribution in [0.5, 0.6) is 0 Å². The number of nitrogens with one attached hydrogen (secondary N) is 1. The van der Waals surface area contributed by atoms with Gasteiger partial charge in [-0.05, 0) is 55.0 Å². The van der Waals surface area contributed by atoms with E-state index in [1.54, 1.807) is 19.1 Å². The van der Waals surface area contributed by atoms with Crippen LogP contribution < -0.4 is 5.32 Å². The number of sulfonamides is 1. The number of nitrogens with zero attached hydrogens (tertiary/aromatic N) is 2. The Labute approximate surface area is 189 Å². The molecule has 3 aromatic rings. The van der Waals surface area contributed by atoms with Crippen molar-refractivity contribution < 1.29 is 22.5 Å². The molecule has 168 valence electrons. The fourth-order valence-corrected chi connectivity index (χ4v) is 3.61. The molecule has 0 saturated carbocycles. The maximum Gasteiger partial charge on any atom is 0.284 e. The van der Waals surface area contributed by atoms with Crippen LogP contribution in [-0.2, 0) is 10.0 Å². The zero-order valence-corrected chi connectivity index (χ0v) is 18.1. The van der Waals surface area contributed by atoms with Crippen molar-refractivity contribution in [3.8, 4) is 0 Å². The fourth-order valence-electron chi connectivity index (χ4n) is 2.66. The molecule has 1 amide bonds. The van der Waals surface area contributed by atoms with Gasteiger partial charge in [0, 0.05) is 17.7 Å². The van der Waals surface area contributed by atoms with Crippen molar-refractivity contribution in [3.63, 3.8) is 0 Å². The van der Waals surface area contributed by atoms with Crippen molar-refractivity contribution in [1.82, 2.24) is 5.32 Å². The van der Waals surface area contributed by atoms with Crippen molar-refractivity contribution in [3.05, 3.63) is 111 Å². The van der Waals surface area contributed by atoms with Crippen LogP contribution in [0.4, 0.5) is 10.1 Å². The molecule has 3 rings (SSSR count). The summed E-state index contributed by atoms with van der Waals surface area (Å²) in [5.41, 5.74) is 1.28. The molecule has 33 heavy (non-hydrogen) atoms. The molecule has 10 heteroatoms. The summed E-state index contributed by atoms with van der Waals surface area (Å²) in [5, 5.41) is 13.2. The molecule has 8 nitrogen and oxygen atoms in total. The molecule has 0 spiro atoms. The lowest BCUT2D eigenvalue weighted by atomic mass is 10.2. The van der Waals surface area contributed by atoms with Crippen LogP contribution in [-0.4, -0.2) is 25.1 Å². The van der Waals surface area contributed by atoms with Crippen LogP contribution >= 0.6 is 0 Å². The van der Waals surface area contributed by atoms with Gasteiger partial charge in [-0.25, -0.2) is 4.39 Å². The minimum absolute atomic E-state index is 0.0645. The minimum Gasteiger partial charge on any atom is -0.306 e. The normalized spacial score (nSPS) is 12.0. The summed E-state index contributed by atoms with van der Waals surface area (Å²) in [4.78, 5) is 22.8. The SMILES string of the molecule is Cc1ccc(S(=O)(=O)/N=C(\C=C\c2ccc(F)cc2)NC(=O)c2ccc([N+](=O)[O-])cc2)cc1. The fraction of sp³-hybridized carbons (Fsp3) is 0.0435. The number of amidine groups is 1. The maximum atomic E-state index is 13.1. The van der Waals surface area contributed by atoms with Gasteiger partial charge in [0.2, 0.25) is 0 Å². The van der Waals surface area contributed by atoms with Gasteiger partial charge < -0.3 is 5.32 Å². The number of hydrogen-bond acceptors (Lipinski definition) is 5. The third-order valence-corrected chi connectivity index (χ3v) is 5.73. The highest BCUT2D eigenvalue weighted by atomic mass is 32.2. The molecule has 0 unspecified atom stereocenters. The van der Waals surface area contributed by atoms with Crippen LogP contribution in [0, 0.1) is 22.9 Å². The molecular formula is C23H18FN3O5S. The van der Waals surface area contributed by atoms with Gasteiger partial charge in [0.25, 0.3) is 21.6 Å². The van der Waals surface area contributed by atoms with Gasteiger partial charge in [-0.1, -0.05) is 35.9 Å². The monoisotopic (exact) mass is 467 g/mol. The Balaban J connectivity index is 1.94. The number of carbonyl (C=O) groups is 1. The standard InChI is InChI=1S/C23H18FN3O5S/c1-16-2-13-21(14-3-16)33(31,32)26-22(15-6-17-4-9-19(24)10-5-17)25-23(28)18-7-11-20(12-8-18)27(29)30/h2-15H,1H3,(H,25,26,28)/b15-6+. The Morgan fingerprint density at radius 1 is 1.00 bits per heavy atom. The van der Waals surface area contributed by atoms with Crippen molar-refractivity contribution in [2.24, 2.45) is 4.40 Å². The number of nitro benzene ring substituents is 1. The summed E-state index contributed by atoms with van der Waals surface area (Å²) in [6, 6.07) is 16.2. The number of amides is 1. The summed E-state index contributed by atoms with van der Waals surface area (Å²) in [5.74, 6) is -1.44. The first-order chi connectivity index (χ1) is 15.6. The lowest BCUT2D eigenvalue weighted by molar-refractivity contribution is -0.384. The molecule has 0 bridgehead atoms. The van der Waals surface area contributed by atoms with E-state index in [-0.39, 0.29) is 22.0 Å². The van der Waals surface area contributed by atoms with E-state index >= 15 is 0 Å². The highest BCUT2D eigenvalue weighted by Gasteiger charge is 2.16. The first-order valence-electron chi connectivity index (χ1n) is 9.55. The molecule has 3 aromatic carbocycles. The van der Waals surface area contributed by atoms with Crippen LogP contribution in [0.15, 0.2) is 88.2 Å². The molecule has 0 saturated heterocycles. The van der Waals surface area contributed by atoms with E-state index in [0.29, 0.717) is 5.56 Å². The van der Waals surface area contributed by atoms with Crippen molar-refractivity contribution in [2.75, 3.05) is 0 Å². The number of aryl methyl sites for hydroxylation is 1. The van der Waals surface area contributed by atoms with Gasteiger partial charge in [0.05, 0.1) is 9.82 Å². The topological polar surface area (TPSA) is 119 Å². The Morgan fingerprint density at radius 2 is 1.61 bits per heavy atom. The first kappa shape index (κ1) is 23.5. The lowest BCUT2D eigenvalue weighted by Gasteiger charge is -2.07. The molecule has 1 N–H and O–H groups in total. The Kier molecular flexibility index (Phi) is 7.09. The minimum atomic E-state index is -4.16. The second-order valence-electron chi connectivity index (χ2n) is 6.91. The molecule has 0 aromatic heterocycles. The van der Waals surface area contributed by atoms with E-state index < -0.39 is 26.7 Å². The largest absolute Gasteiger partial charge is 0.306 e. The van der Waals surface area contributed by atoms with Crippen LogP contribution in [0.3, 0.4) is 0 Å². The number of hydrogen-bond donors (Lipinski definition) is 1. The maximum absolute atomic E-state index is 13.1. The van der Waals surface area contributed by atoms with E-state index in [1.165, 1.54) is 60.7 Å². The van der Waals surface area contributed by atoms with Gasteiger partial charge in [-0.15, -0.1) is 4.40 Å². The molecule has 0 atom stereocenters. The van der Waals surface area contributed by atoms with Gasteiger partial charge in [-0.2, -0.15) is 8.42 Å². The molecule has 0 fully saturated rings. The van der Waals surface area contributed by atoms with Crippen molar-refractivity contribution in [2.45, 2.75) is 11.8 Å². The molecule has 0 radical (unpaired) electrons. The van der Waals surface area contributed by atoms with E-state index in [4.69, 9.17) is 0 Å². The number of carbonyl (C=O) groups excluding carboxylic acids is 1. The predicted octanol–water partition coefficient (Wildman–Crippen LogP) is 4.27. The van der Waals surface area contributed by atoms with Crippen LogP contribution in [0.2, 0.25) is 0 Å². The predicted molar refractivity (Wildman–Crippen MR) is 122 cm³/mol. The average molecular weight is 467 g/mol. The number of non-ortho nitro benzene ring substituents is 1. The highest BCUT2D eigenvalue weighted by molar-refractivity contribution is 7.90. The zero-order chi connectivity index (χ0) is 24.0. The third kappa shape index (κ3) is 6.40. The van der Waals surface area contributed by atoms with Crippen LogP contribution in [0.25, 0.3) is 6.08 Å². The smallest absolute Gasteiger partial charge is 0.284 e. The number of nitro groups is 1. The summed E-state index contributed by atoms with van der Waals surface area (Å²) in [7, 11) is -4.16. The number of rotatable bonds is 6. The van der Waals surface area contributed by atoms with Gasteiger partial charge in [-0.3, -0.25) is 14.9 Å². The van der Waals surface area contributed by atoms with Gasteiger partial charge in [0.1, 0.15) is 11.7 Å². The van der Waals surface area contributed by atoms with Gasteiger partial charge in [0.15, 0.2) is 0 Å². The van der Waals surface area contributed by atoms with E-state index in [2.05, 4.69) is 9.71 Å². The average Bonchev–Trinajstić information content (AvgIpc) is 2.78. The Morgan fingerprint density at radius 3 is 2.18 bits per heavy atom. The Hall–Kier alpha value is -4.18. The lowest BCUT2D eigenvalue weighted by Crippen LogP contribution is -2.30. The van der Waals surface area contributed by atoms with Crippen molar-refractivity contribution in [1.29, 1.82) is 0 Å². The molecule has 0 aliphatic heterocycles. The van der Waals surface area contributed by atoms with Crippen molar-refractivity contribution >= 4 is 33.5 Å². The van der Waals surface area contributed by atoms with E-state index in [0.717, 1.165) is 17.7 Å². The second kappa shape index (κ2) is 9.96.